The molecule has 7 heteroatoms. The first kappa shape index (κ1) is 16.2. The average molecular weight is 328 g/mol. The number of ether oxygens (including phenoxy) is 1. The highest BCUT2D eigenvalue weighted by atomic mass is 16.5. The van der Waals surface area contributed by atoms with Crippen molar-refractivity contribution in [2.24, 2.45) is 0 Å². The van der Waals surface area contributed by atoms with E-state index in [2.05, 4.69) is 15.3 Å². The van der Waals surface area contributed by atoms with E-state index in [0.29, 0.717) is 30.3 Å². The van der Waals surface area contributed by atoms with Crippen molar-refractivity contribution in [3.8, 4) is 5.75 Å². The van der Waals surface area contributed by atoms with Crippen molar-refractivity contribution in [2.45, 2.75) is 26.0 Å². The van der Waals surface area contributed by atoms with Crippen LogP contribution in [0.15, 0.2) is 30.5 Å². The highest BCUT2D eigenvalue weighted by molar-refractivity contribution is 6.00. The van der Waals surface area contributed by atoms with Crippen molar-refractivity contribution in [1.82, 2.24) is 9.97 Å². The van der Waals surface area contributed by atoms with E-state index in [9.17, 15) is 9.90 Å². The number of aliphatic hydroxyl groups excluding tert-OH is 1. The van der Waals surface area contributed by atoms with Crippen LogP contribution < -0.4 is 15.0 Å². The first-order valence-corrected chi connectivity index (χ1v) is 7.84. The number of hydrogen-bond donors (Lipinski definition) is 2. The molecule has 7 nitrogen and oxygen atoms in total. The summed E-state index contributed by atoms with van der Waals surface area (Å²) >= 11 is 0. The lowest BCUT2D eigenvalue weighted by Crippen LogP contribution is -2.40. The van der Waals surface area contributed by atoms with Crippen LogP contribution in [0.2, 0.25) is 0 Å². The minimum atomic E-state index is -0.696. The van der Waals surface area contributed by atoms with Gasteiger partial charge in [-0.05, 0) is 24.1 Å². The molecule has 0 radical (unpaired) electrons. The van der Waals surface area contributed by atoms with Gasteiger partial charge >= 0.3 is 0 Å². The quantitative estimate of drug-likeness (QED) is 0.871. The van der Waals surface area contributed by atoms with Crippen LogP contribution >= 0.6 is 0 Å². The Bertz CT molecular complexity index is 750. The lowest BCUT2D eigenvalue weighted by atomic mass is 10.1. The molecule has 1 atom stereocenters. The van der Waals surface area contributed by atoms with E-state index >= 15 is 0 Å². The van der Waals surface area contributed by atoms with E-state index in [1.807, 2.05) is 31.2 Å². The first-order chi connectivity index (χ1) is 11.6. The second-order valence-electron chi connectivity index (χ2n) is 5.58. The van der Waals surface area contributed by atoms with Crippen molar-refractivity contribution in [3.05, 3.63) is 41.7 Å². The maximum Gasteiger partial charge on any atom is 0.247 e. The first-order valence-electron chi connectivity index (χ1n) is 7.84. The van der Waals surface area contributed by atoms with Gasteiger partial charge in [0.15, 0.2) is 11.6 Å². The molecule has 1 amide bonds. The van der Waals surface area contributed by atoms with Gasteiger partial charge in [-0.2, -0.15) is 0 Å². The van der Waals surface area contributed by atoms with Crippen molar-refractivity contribution in [3.63, 3.8) is 0 Å². The molecule has 1 aliphatic rings. The number of fused-ring (bicyclic) bond motifs is 1. The molecule has 0 fully saturated rings. The Morgan fingerprint density at radius 2 is 2.29 bits per heavy atom. The van der Waals surface area contributed by atoms with Crippen LogP contribution in [0.5, 0.6) is 5.75 Å². The molecule has 2 heterocycles. The molecule has 0 aliphatic carbocycles. The van der Waals surface area contributed by atoms with E-state index < -0.39 is 6.10 Å². The zero-order chi connectivity index (χ0) is 17.1. The summed E-state index contributed by atoms with van der Waals surface area (Å²) < 4.78 is 5.23. The number of methoxy groups -OCH3 is 1. The summed E-state index contributed by atoms with van der Waals surface area (Å²) in [5.74, 6) is 1.63. The van der Waals surface area contributed by atoms with Crippen LogP contribution in [0.1, 0.15) is 30.7 Å². The van der Waals surface area contributed by atoms with E-state index in [1.165, 1.54) is 0 Å². The topological polar surface area (TPSA) is 87.6 Å². The van der Waals surface area contributed by atoms with E-state index in [4.69, 9.17) is 4.74 Å². The van der Waals surface area contributed by atoms with Gasteiger partial charge in [0.25, 0.3) is 0 Å². The molecular weight excluding hydrogens is 308 g/mol. The van der Waals surface area contributed by atoms with Crippen molar-refractivity contribution >= 4 is 17.5 Å². The van der Waals surface area contributed by atoms with Gasteiger partial charge in [0.2, 0.25) is 5.91 Å². The van der Waals surface area contributed by atoms with Gasteiger partial charge in [0, 0.05) is 0 Å². The van der Waals surface area contributed by atoms with Crippen molar-refractivity contribution in [1.29, 1.82) is 0 Å². The predicted octanol–water partition coefficient (Wildman–Crippen LogP) is 1.89. The van der Waals surface area contributed by atoms with Crippen LogP contribution in [0.3, 0.4) is 0 Å². The molecule has 0 spiro atoms. The highest BCUT2D eigenvalue weighted by Gasteiger charge is 2.27. The zero-order valence-corrected chi connectivity index (χ0v) is 13.7. The monoisotopic (exact) mass is 328 g/mol. The largest absolute Gasteiger partial charge is 0.497 e. The predicted molar refractivity (Wildman–Crippen MR) is 90.0 cm³/mol. The van der Waals surface area contributed by atoms with Gasteiger partial charge in [-0.1, -0.05) is 19.1 Å². The second-order valence-corrected chi connectivity index (χ2v) is 5.58. The van der Waals surface area contributed by atoms with Gasteiger partial charge in [0.05, 0.1) is 38.2 Å². The van der Waals surface area contributed by atoms with Crippen LogP contribution in [0, 0.1) is 0 Å². The zero-order valence-electron chi connectivity index (χ0n) is 13.7. The number of nitrogens with zero attached hydrogens (tertiary/aromatic N) is 3. The molecule has 0 saturated carbocycles. The minimum absolute atomic E-state index is 0.0947. The smallest absolute Gasteiger partial charge is 0.247 e. The molecule has 2 aromatic rings. The number of rotatable bonds is 5. The fourth-order valence-corrected chi connectivity index (χ4v) is 2.56. The van der Waals surface area contributed by atoms with Crippen LogP contribution in [-0.2, 0) is 11.3 Å². The molecule has 1 aromatic heterocycles. The summed E-state index contributed by atoms with van der Waals surface area (Å²) in [4.78, 5) is 22.7. The summed E-state index contributed by atoms with van der Waals surface area (Å²) in [5.41, 5.74) is 1.39. The average Bonchev–Trinajstić information content (AvgIpc) is 2.63. The fourth-order valence-electron chi connectivity index (χ4n) is 2.56. The van der Waals surface area contributed by atoms with Crippen molar-refractivity contribution < 1.29 is 14.6 Å². The Kier molecular flexibility index (Phi) is 4.61. The van der Waals surface area contributed by atoms with Gasteiger partial charge in [-0.3, -0.25) is 9.69 Å². The Balaban J connectivity index is 1.94. The molecular formula is C17H20N4O3. The van der Waals surface area contributed by atoms with Crippen LogP contribution in [-0.4, -0.2) is 34.6 Å². The maximum atomic E-state index is 12.4. The van der Waals surface area contributed by atoms with Crippen molar-refractivity contribution in [2.75, 3.05) is 23.9 Å². The standard InChI is InChI=1S/C17H20N4O3/c1-3-14(22)13-8-18-16-17(20-13)21(15(23)9-19-16)10-11-5-4-6-12(7-11)24-2/h4-8,14,22H,3,9-10H2,1-2H3,(H,18,19). The normalized spacial score (nSPS) is 14.8. The molecule has 1 unspecified atom stereocenters. The Labute approximate surface area is 140 Å². The molecule has 0 bridgehead atoms. The maximum absolute atomic E-state index is 12.4. The molecule has 1 aliphatic heterocycles. The Morgan fingerprint density at radius 1 is 1.46 bits per heavy atom. The molecule has 126 valence electrons. The van der Waals surface area contributed by atoms with E-state index in [-0.39, 0.29) is 12.5 Å². The van der Waals surface area contributed by atoms with E-state index in [1.54, 1.807) is 18.2 Å². The number of nitrogens with one attached hydrogen (secondary N) is 1. The van der Waals surface area contributed by atoms with Gasteiger partial charge in [-0.25, -0.2) is 9.97 Å². The summed E-state index contributed by atoms with van der Waals surface area (Å²) in [5, 5.41) is 13.0. The summed E-state index contributed by atoms with van der Waals surface area (Å²) in [6.45, 7) is 2.40. The van der Waals surface area contributed by atoms with Gasteiger partial charge in [-0.15, -0.1) is 0 Å². The van der Waals surface area contributed by atoms with Gasteiger partial charge in [0.1, 0.15) is 5.75 Å². The molecule has 24 heavy (non-hydrogen) atoms. The summed E-state index contributed by atoms with van der Waals surface area (Å²) in [6.07, 6.45) is 1.38. The number of amides is 1. The number of aliphatic hydroxyl groups is 1. The number of anilines is 2. The number of carbonyl (C=O) groups excluding carboxylic acids is 1. The van der Waals surface area contributed by atoms with E-state index in [0.717, 1.165) is 11.3 Å². The molecule has 0 saturated heterocycles. The third-order valence-electron chi connectivity index (χ3n) is 3.94. The SMILES string of the molecule is CCC(O)c1cnc2c(n1)N(Cc1cccc(OC)c1)C(=O)CN2. The molecule has 3 rings (SSSR count). The number of hydrogen-bond acceptors (Lipinski definition) is 6. The lowest BCUT2D eigenvalue weighted by molar-refractivity contribution is -0.117. The summed E-state index contributed by atoms with van der Waals surface area (Å²) in [6, 6.07) is 7.54. The number of aromatic nitrogens is 2. The Morgan fingerprint density at radius 3 is 3.04 bits per heavy atom. The fraction of sp³-hybridized carbons (Fsp3) is 0.353. The Hall–Kier alpha value is -2.67. The minimum Gasteiger partial charge on any atom is -0.497 e. The van der Waals surface area contributed by atoms with Crippen LogP contribution in [0.25, 0.3) is 0 Å². The molecule has 1 aromatic carbocycles. The molecule has 2 N–H and O–H groups in total. The number of carbonyl (C=O) groups is 1. The second kappa shape index (κ2) is 6.84. The lowest BCUT2D eigenvalue weighted by Gasteiger charge is -2.29. The highest BCUT2D eigenvalue weighted by Crippen LogP contribution is 2.29. The third kappa shape index (κ3) is 3.16. The number of benzene rings is 1. The summed E-state index contributed by atoms with van der Waals surface area (Å²) in [7, 11) is 1.61. The third-order valence-corrected chi connectivity index (χ3v) is 3.94. The van der Waals surface area contributed by atoms with Gasteiger partial charge < -0.3 is 15.2 Å². The van der Waals surface area contributed by atoms with Crippen LogP contribution in [0.4, 0.5) is 11.6 Å².